The number of ether oxygens (including phenoxy) is 1. The van der Waals surface area contributed by atoms with Gasteiger partial charge in [-0.3, -0.25) is 5.21 Å². The van der Waals surface area contributed by atoms with E-state index >= 15 is 0 Å². The summed E-state index contributed by atoms with van der Waals surface area (Å²) in [5.41, 5.74) is 0.572. The first-order valence-electron chi connectivity index (χ1n) is 6.81. The lowest BCUT2D eigenvalue weighted by Gasteiger charge is -2.26. The first-order valence-corrected chi connectivity index (χ1v) is 6.81. The average Bonchev–Trinajstić information content (AvgIpc) is 2.86. The van der Waals surface area contributed by atoms with Crippen molar-refractivity contribution in [2.24, 2.45) is 0 Å². The highest BCUT2D eigenvalue weighted by Gasteiger charge is 2.30. The Morgan fingerprint density at radius 1 is 1.25 bits per heavy atom. The van der Waals surface area contributed by atoms with Crippen LogP contribution in [0.1, 0.15) is 38.7 Å². The molecule has 4 nitrogen and oxygen atoms in total. The predicted octanol–water partition coefficient (Wildman–Crippen LogP) is 3.73. The van der Waals surface area contributed by atoms with E-state index in [1.807, 2.05) is 42.5 Å². The van der Waals surface area contributed by atoms with E-state index in [9.17, 15) is 10.0 Å². The largest absolute Gasteiger partial charge is 0.442 e. The second-order valence-corrected chi connectivity index (χ2v) is 6.03. The lowest BCUT2D eigenvalue weighted by molar-refractivity contribution is -0.110. The number of nitrogens with zero attached hydrogens (tertiary/aromatic N) is 1. The van der Waals surface area contributed by atoms with E-state index in [0.29, 0.717) is 11.5 Å². The Kier molecular flexibility index (Phi) is 4.14. The molecule has 0 aliphatic heterocycles. The zero-order valence-corrected chi connectivity index (χ0v) is 12.1. The Morgan fingerprint density at radius 3 is 2.50 bits per heavy atom. The summed E-state index contributed by atoms with van der Waals surface area (Å²) in [6, 6.07) is 9.70. The molecule has 0 bridgehead atoms. The third-order valence-corrected chi connectivity index (χ3v) is 3.18. The second kappa shape index (κ2) is 5.67. The summed E-state index contributed by atoms with van der Waals surface area (Å²) in [5, 5.41) is 10.6. The van der Waals surface area contributed by atoms with E-state index in [1.165, 1.54) is 5.56 Å². The van der Waals surface area contributed by atoms with Gasteiger partial charge in [-0.2, -0.15) is 5.06 Å². The number of hydrogen-bond donors (Lipinski definition) is 1. The molecule has 2 rings (SSSR count). The van der Waals surface area contributed by atoms with Crippen LogP contribution in [0.2, 0.25) is 0 Å². The molecule has 1 aromatic rings. The third kappa shape index (κ3) is 3.61. The van der Waals surface area contributed by atoms with Crippen LogP contribution in [0.4, 0.5) is 4.79 Å². The van der Waals surface area contributed by atoms with Gasteiger partial charge in [0.15, 0.2) is 0 Å². The fourth-order valence-corrected chi connectivity index (χ4v) is 2.25. The van der Waals surface area contributed by atoms with Crippen molar-refractivity contribution in [3.05, 3.63) is 48.0 Å². The van der Waals surface area contributed by atoms with Gasteiger partial charge in [-0.1, -0.05) is 42.5 Å². The quantitative estimate of drug-likeness (QED) is 0.508. The van der Waals surface area contributed by atoms with Crippen LogP contribution in [0.15, 0.2) is 42.5 Å². The molecule has 0 aromatic heterocycles. The number of hydroxylamine groups is 2. The number of benzene rings is 1. The SMILES string of the molecule is CC(C)(C)OC(=O)N(O)[C@H]1C=C[C@@H](c2ccccc2)C1. The molecule has 0 saturated heterocycles. The molecule has 0 spiro atoms. The van der Waals surface area contributed by atoms with Crippen LogP contribution in [0, 0.1) is 0 Å². The van der Waals surface area contributed by atoms with Gasteiger partial charge in [0.1, 0.15) is 5.60 Å². The molecule has 1 aliphatic carbocycles. The van der Waals surface area contributed by atoms with Crippen molar-refractivity contribution in [3.63, 3.8) is 0 Å². The Bertz CT molecular complexity index is 490. The first kappa shape index (κ1) is 14.6. The van der Waals surface area contributed by atoms with Crippen molar-refractivity contribution in [2.75, 3.05) is 0 Å². The Labute approximate surface area is 119 Å². The number of carbonyl (C=O) groups excluding carboxylic acids is 1. The Morgan fingerprint density at radius 2 is 1.90 bits per heavy atom. The topological polar surface area (TPSA) is 49.8 Å². The van der Waals surface area contributed by atoms with E-state index in [4.69, 9.17) is 4.74 Å². The minimum Gasteiger partial charge on any atom is -0.442 e. The first-order chi connectivity index (χ1) is 9.37. The van der Waals surface area contributed by atoms with Crippen LogP contribution in [-0.4, -0.2) is 28.0 Å². The Hall–Kier alpha value is -1.81. The second-order valence-electron chi connectivity index (χ2n) is 6.03. The molecule has 0 radical (unpaired) electrons. The maximum Gasteiger partial charge on any atom is 0.434 e. The van der Waals surface area contributed by atoms with Gasteiger partial charge >= 0.3 is 6.09 Å². The molecule has 1 N–H and O–H groups in total. The van der Waals surface area contributed by atoms with Crippen LogP contribution in [0.25, 0.3) is 0 Å². The fourth-order valence-electron chi connectivity index (χ4n) is 2.25. The van der Waals surface area contributed by atoms with Crippen LogP contribution >= 0.6 is 0 Å². The van der Waals surface area contributed by atoms with Gasteiger partial charge in [-0.15, -0.1) is 0 Å². The van der Waals surface area contributed by atoms with Gasteiger partial charge in [0.2, 0.25) is 0 Å². The van der Waals surface area contributed by atoms with Crippen molar-refractivity contribution in [1.29, 1.82) is 0 Å². The third-order valence-electron chi connectivity index (χ3n) is 3.18. The monoisotopic (exact) mass is 275 g/mol. The molecule has 0 fully saturated rings. The highest BCUT2D eigenvalue weighted by atomic mass is 16.6. The van der Waals surface area contributed by atoms with Crippen molar-refractivity contribution < 1.29 is 14.7 Å². The summed E-state index contributed by atoms with van der Waals surface area (Å²) in [5.74, 6) is 0.221. The molecule has 0 unspecified atom stereocenters. The number of allylic oxidation sites excluding steroid dienone is 1. The maximum absolute atomic E-state index is 11.8. The summed E-state index contributed by atoms with van der Waals surface area (Å²) in [6.07, 6.45) is 3.83. The van der Waals surface area contributed by atoms with Gasteiger partial charge in [0.25, 0.3) is 0 Å². The molecule has 2 atom stereocenters. The lowest BCUT2D eigenvalue weighted by Crippen LogP contribution is -2.39. The van der Waals surface area contributed by atoms with Crippen LogP contribution in [-0.2, 0) is 4.74 Å². The van der Waals surface area contributed by atoms with E-state index in [1.54, 1.807) is 20.8 Å². The van der Waals surface area contributed by atoms with Gasteiger partial charge in [-0.25, -0.2) is 4.79 Å². The lowest BCUT2D eigenvalue weighted by atomic mass is 9.98. The molecular formula is C16H21NO3. The van der Waals surface area contributed by atoms with Gasteiger partial charge < -0.3 is 4.74 Å². The summed E-state index contributed by atoms with van der Waals surface area (Å²) in [7, 11) is 0. The van der Waals surface area contributed by atoms with E-state index in [0.717, 1.165) is 0 Å². The van der Waals surface area contributed by atoms with Crippen LogP contribution in [0.3, 0.4) is 0 Å². The van der Waals surface area contributed by atoms with Gasteiger partial charge in [-0.05, 0) is 32.8 Å². The van der Waals surface area contributed by atoms with E-state index in [2.05, 4.69) is 0 Å². The van der Waals surface area contributed by atoms with Crippen LogP contribution < -0.4 is 0 Å². The molecule has 1 aliphatic rings. The normalized spacial score (nSPS) is 21.8. The standard InChI is InChI=1S/C16H21NO3/c1-16(2,3)20-15(18)17(19)14-10-9-13(11-14)12-7-5-4-6-8-12/h4-10,13-14,19H,11H2,1-3H3/t13-,14+/m1/s1. The molecular weight excluding hydrogens is 254 g/mol. The summed E-state index contributed by atoms with van der Waals surface area (Å²) < 4.78 is 5.16. The average molecular weight is 275 g/mol. The molecule has 4 heteroatoms. The van der Waals surface area contributed by atoms with Crippen LogP contribution in [0.5, 0.6) is 0 Å². The van der Waals surface area contributed by atoms with Gasteiger partial charge in [0.05, 0.1) is 6.04 Å². The zero-order valence-electron chi connectivity index (χ0n) is 12.1. The molecule has 108 valence electrons. The number of hydrogen-bond acceptors (Lipinski definition) is 3. The number of carbonyl (C=O) groups is 1. The van der Waals surface area contributed by atoms with Crippen molar-refractivity contribution in [2.45, 2.75) is 44.8 Å². The minimum absolute atomic E-state index is 0.221. The molecule has 20 heavy (non-hydrogen) atoms. The fraction of sp³-hybridized carbons (Fsp3) is 0.438. The highest BCUT2D eigenvalue weighted by molar-refractivity contribution is 5.67. The van der Waals surface area contributed by atoms with E-state index in [-0.39, 0.29) is 12.0 Å². The summed E-state index contributed by atoms with van der Waals surface area (Å²) in [6.45, 7) is 5.32. The molecule has 1 aromatic carbocycles. The summed E-state index contributed by atoms with van der Waals surface area (Å²) >= 11 is 0. The predicted molar refractivity (Wildman–Crippen MR) is 76.6 cm³/mol. The smallest absolute Gasteiger partial charge is 0.434 e. The van der Waals surface area contributed by atoms with E-state index < -0.39 is 11.7 Å². The summed E-state index contributed by atoms with van der Waals surface area (Å²) in [4.78, 5) is 11.8. The highest BCUT2D eigenvalue weighted by Crippen LogP contribution is 2.30. The molecule has 1 amide bonds. The van der Waals surface area contributed by atoms with Crippen molar-refractivity contribution >= 4 is 6.09 Å². The zero-order chi connectivity index (χ0) is 14.8. The molecule has 0 heterocycles. The number of rotatable bonds is 2. The van der Waals surface area contributed by atoms with Gasteiger partial charge in [0, 0.05) is 5.92 Å². The van der Waals surface area contributed by atoms with Crippen molar-refractivity contribution in [3.8, 4) is 0 Å². The Balaban J connectivity index is 1.96. The number of amides is 1. The molecule has 0 saturated carbocycles. The van der Waals surface area contributed by atoms with Crippen molar-refractivity contribution in [1.82, 2.24) is 5.06 Å². The maximum atomic E-state index is 11.8. The minimum atomic E-state index is -0.708.